The minimum atomic E-state index is -3.50. The van der Waals surface area contributed by atoms with Crippen LogP contribution in [0, 0.1) is 17.6 Å². The molecule has 5 rings (SSSR count). The number of ether oxygens (including phenoxy) is 1. The van der Waals surface area contributed by atoms with Gasteiger partial charge in [0.2, 0.25) is 0 Å². The van der Waals surface area contributed by atoms with E-state index in [-0.39, 0.29) is 37.5 Å². The highest BCUT2D eigenvalue weighted by Gasteiger charge is 2.32. The van der Waals surface area contributed by atoms with E-state index >= 15 is 0 Å². The molecule has 4 aromatic rings. The van der Waals surface area contributed by atoms with Gasteiger partial charge in [-0.05, 0) is 67.5 Å². The van der Waals surface area contributed by atoms with Crippen LogP contribution in [0.2, 0.25) is 5.02 Å². The van der Waals surface area contributed by atoms with Crippen molar-refractivity contribution in [3.8, 4) is 16.9 Å². The molecule has 216 valence electrons. The molecule has 1 saturated carbocycles. The quantitative estimate of drug-likeness (QED) is 0.210. The lowest BCUT2D eigenvalue weighted by atomic mass is 9.86. The van der Waals surface area contributed by atoms with E-state index in [9.17, 15) is 22.0 Å². The number of carbonyl (C=O) groups excluding carboxylic acids is 1. The van der Waals surface area contributed by atoms with Gasteiger partial charge in [-0.3, -0.25) is 4.79 Å². The monoisotopic (exact) mass is 617 g/mol. The van der Waals surface area contributed by atoms with Gasteiger partial charge >= 0.3 is 0 Å². The molecule has 1 heterocycles. The number of carbonyl (C=O) groups is 1. The molecule has 3 aromatic carbocycles. The molecule has 1 aliphatic carbocycles. The van der Waals surface area contributed by atoms with Crippen LogP contribution in [-0.4, -0.2) is 38.6 Å². The van der Waals surface area contributed by atoms with Gasteiger partial charge in [0.1, 0.15) is 22.3 Å². The summed E-state index contributed by atoms with van der Waals surface area (Å²) in [6, 6.07) is 14.1. The maximum absolute atomic E-state index is 14.6. The van der Waals surface area contributed by atoms with Crippen LogP contribution in [0.15, 0.2) is 59.5 Å². The summed E-state index contributed by atoms with van der Waals surface area (Å²) in [5, 5.41) is -0.182. The van der Waals surface area contributed by atoms with Crippen LogP contribution >= 0.6 is 22.9 Å². The van der Waals surface area contributed by atoms with Crippen LogP contribution in [0.25, 0.3) is 21.2 Å². The van der Waals surface area contributed by atoms with Crippen LogP contribution in [0.1, 0.15) is 47.8 Å². The highest BCUT2D eigenvalue weighted by Crippen LogP contribution is 2.41. The minimum absolute atomic E-state index is 0.00697. The Labute approximate surface area is 247 Å². The molecule has 0 aliphatic heterocycles. The molecule has 1 amide bonds. The fraction of sp³-hybridized carbons (Fsp3) is 0.323. The first-order valence-electron chi connectivity index (χ1n) is 13.3. The number of sulfone groups is 1. The Morgan fingerprint density at radius 3 is 2.39 bits per heavy atom. The number of hydrogen-bond acceptors (Lipinski definition) is 5. The summed E-state index contributed by atoms with van der Waals surface area (Å²) >= 11 is 7.39. The number of benzene rings is 3. The van der Waals surface area contributed by atoms with Crippen molar-refractivity contribution in [2.75, 3.05) is 13.4 Å². The molecule has 10 heteroatoms. The fourth-order valence-corrected chi connectivity index (χ4v) is 7.98. The smallest absolute Gasteiger partial charge is 0.266 e. The average Bonchev–Trinajstić information content (AvgIpc) is 3.31. The molecule has 5 nitrogen and oxygen atoms in total. The highest BCUT2D eigenvalue weighted by molar-refractivity contribution is 7.90. The van der Waals surface area contributed by atoms with Crippen LogP contribution in [0.3, 0.4) is 0 Å². The van der Waals surface area contributed by atoms with Crippen molar-refractivity contribution in [3.63, 3.8) is 0 Å². The SMILES string of the molecule is COc1ccc(-c2ccccc2S(C)(=O)=O)cc1CN(C(=O)c1sc2c(F)ccc(F)c2c1Cl)[C@H]1CC[C@H](C)CC1. The molecule has 1 aromatic heterocycles. The third-order valence-electron chi connectivity index (χ3n) is 7.78. The van der Waals surface area contributed by atoms with Gasteiger partial charge in [0.25, 0.3) is 5.91 Å². The second-order valence-corrected chi connectivity index (χ2v) is 14.0. The Kier molecular flexibility index (Phi) is 8.41. The van der Waals surface area contributed by atoms with E-state index in [1.54, 1.807) is 41.3 Å². The largest absolute Gasteiger partial charge is 0.496 e. The number of halogens is 3. The lowest BCUT2D eigenvalue weighted by Gasteiger charge is -2.36. The topological polar surface area (TPSA) is 63.7 Å². The Morgan fingerprint density at radius 1 is 1.05 bits per heavy atom. The summed E-state index contributed by atoms with van der Waals surface area (Å²) in [5.74, 6) is -0.654. The number of fused-ring (bicyclic) bond motifs is 1. The standard InChI is InChI=1S/C31H30ClF2NO4S2/c1-18-8-11-21(12-9-18)35(31(36)30-28(32)27-23(33)13-14-24(34)29(27)40-30)17-20-16-19(10-15-25(20)39-2)22-6-4-5-7-26(22)41(3,37)38/h4-7,10,13-16,18,21H,8-9,11-12,17H2,1-3H3/t18-,21-. The third-order valence-corrected chi connectivity index (χ3v) is 10.6. The van der Waals surface area contributed by atoms with Gasteiger partial charge in [0, 0.05) is 30.0 Å². The third kappa shape index (κ3) is 5.85. The summed E-state index contributed by atoms with van der Waals surface area (Å²) in [4.78, 5) is 16.2. The van der Waals surface area contributed by atoms with Gasteiger partial charge in [-0.2, -0.15) is 0 Å². The lowest BCUT2D eigenvalue weighted by Crippen LogP contribution is -2.41. The van der Waals surface area contributed by atoms with Crippen molar-refractivity contribution < 1.29 is 26.7 Å². The first kappa shape index (κ1) is 29.5. The van der Waals surface area contributed by atoms with Gasteiger partial charge < -0.3 is 9.64 Å². The molecule has 0 spiro atoms. The Morgan fingerprint density at radius 2 is 1.73 bits per heavy atom. The summed E-state index contributed by atoms with van der Waals surface area (Å²) in [5.41, 5.74) is 1.88. The van der Waals surface area contributed by atoms with E-state index in [1.807, 2.05) is 6.07 Å². The fourth-order valence-electron chi connectivity index (χ4n) is 5.57. The first-order chi connectivity index (χ1) is 19.5. The number of nitrogens with zero attached hydrogens (tertiary/aromatic N) is 1. The number of methoxy groups -OCH3 is 1. The predicted molar refractivity (Wildman–Crippen MR) is 160 cm³/mol. The first-order valence-corrected chi connectivity index (χ1v) is 16.4. The number of rotatable bonds is 7. The molecule has 0 N–H and O–H groups in total. The van der Waals surface area contributed by atoms with Crippen molar-refractivity contribution in [3.05, 3.63) is 81.7 Å². The zero-order chi connectivity index (χ0) is 29.5. The van der Waals surface area contributed by atoms with Crippen molar-refractivity contribution >= 4 is 48.8 Å². The van der Waals surface area contributed by atoms with E-state index in [1.165, 1.54) is 13.4 Å². The summed E-state index contributed by atoms with van der Waals surface area (Å²) in [6.45, 7) is 2.33. The minimum Gasteiger partial charge on any atom is -0.496 e. The van der Waals surface area contributed by atoms with Gasteiger partial charge in [0.05, 0.1) is 27.1 Å². The molecule has 0 unspecified atom stereocenters. The van der Waals surface area contributed by atoms with Crippen LogP contribution in [-0.2, 0) is 16.4 Å². The Balaban J connectivity index is 1.60. The van der Waals surface area contributed by atoms with Crippen molar-refractivity contribution in [1.29, 1.82) is 0 Å². The maximum atomic E-state index is 14.6. The Bertz CT molecular complexity index is 1730. The lowest BCUT2D eigenvalue weighted by molar-refractivity contribution is 0.0597. The number of thiophene rings is 1. The molecule has 0 radical (unpaired) electrons. The van der Waals surface area contributed by atoms with E-state index in [0.29, 0.717) is 28.4 Å². The summed E-state index contributed by atoms with van der Waals surface area (Å²) < 4.78 is 59.9. The van der Waals surface area contributed by atoms with Gasteiger partial charge in [-0.15, -0.1) is 11.3 Å². The predicted octanol–water partition coefficient (Wildman–Crippen LogP) is 8.13. The van der Waals surface area contributed by atoms with Gasteiger partial charge in [-0.25, -0.2) is 17.2 Å². The average molecular weight is 618 g/mol. The van der Waals surface area contributed by atoms with Crippen molar-refractivity contribution in [2.24, 2.45) is 5.92 Å². The molecular weight excluding hydrogens is 588 g/mol. The summed E-state index contributed by atoms with van der Waals surface area (Å²) in [6.07, 6.45) is 4.60. The molecule has 0 atom stereocenters. The summed E-state index contributed by atoms with van der Waals surface area (Å²) in [7, 11) is -1.97. The zero-order valence-electron chi connectivity index (χ0n) is 22.9. The van der Waals surface area contributed by atoms with Crippen LogP contribution < -0.4 is 4.74 Å². The van der Waals surface area contributed by atoms with Crippen LogP contribution in [0.5, 0.6) is 5.75 Å². The molecular formula is C31H30ClF2NO4S2. The van der Waals surface area contributed by atoms with E-state index in [4.69, 9.17) is 16.3 Å². The highest BCUT2D eigenvalue weighted by atomic mass is 35.5. The molecule has 41 heavy (non-hydrogen) atoms. The van der Waals surface area contributed by atoms with E-state index < -0.39 is 27.4 Å². The molecule has 0 bridgehead atoms. The van der Waals surface area contributed by atoms with E-state index in [0.717, 1.165) is 49.2 Å². The number of amides is 1. The van der Waals surface area contributed by atoms with Gasteiger partial charge in [-0.1, -0.05) is 42.8 Å². The Hall–Kier alpha value is -3.01. The van der Waals surface area contributed by atoms with E-state index in [2.05, 4.69) is 6.92 Å². The second kappa shape index (κ2) is 11.7. The molecule has 1 fully saturated rings. The zero-order valence-corrected chi connectivity index (χ0v) is 25.3. The maximum Gasteiger partial charge on any atom is 0.266 e. The number of hydrogen-bond donors (Lipinski definition) is 0. The van der Waals surface area contributed by atoms with Gasteiger partial charge in [0.15, 0.2) is 9.84 Å². The molecule has 1 aliphatic rings. The normalized spacial score (nSPS) is 17.5. The second-order valence-electron chi connectivity index (χ2n) is 10.6. The van der Waals surface area contributed by atoms with Crippen molar-refractivity contribution in [2.45, 2.75) is 50.1 Å². The van der Waals surface area contributed by atoms with Crippen LogP contribution in [0.4, 0.5) is 8.78 Å². The van der Waals surface area contributed by atoms with Crippen molar-refractivity contribution in [1.82, 2.24) is 4.90 Å². The molecule has 0 saturated heterocycles.